The van der Waals surface area contributed by atoms with Gasteiger partial charge in [-0.25, -0.2) is 8.42 Å². The third kappa shape index (κ3) is 4.15. The SMILES string of the molecule is C[C@H](Oc1ccc(C#N)cc1Cl)C(=O)N(C)[C@@H]1CCS(=O)(=O)C1. The lowest BCUT2D eigenvalue weighted by molar-refractivity contribution is -0.138. The van der Waals surface area contributed by atoms with Gasteiger partial charge in [0.2, 0.25) is 0 Å². The number of halogens is 1. The summed E-state index contributed by atoms with van der Waals surface area (Å²) < 4.78 is 28.6. The van der Waals surface area contributed by atoms with Gasteiger partial charge in [0.15, 0.2) is 15.9 Å². The molecule has 1 aromatic carbocycles. The molecule has 0 spiro atoms. The van der Waals surface area contributed by atoms with E-state index in [1.54, 1.807) is 20.0 Å². The third-order valence-corrected chi connectivity index (χ3v) is 5.86. The molecule has 23 heavy (non-hydrogen) atoms. The second-order valence-corrected chi connectivity index (χ2v) is 8.16. The summed E-state index contributed by atoms with van der Waals surface area (Å²) in [6.45, 7) is 1.58. The number of rotatable bonds is 4. The van der Waals surface area contributed by atoms with Gasteiger partial charge in [-0.3, -0.25) is 4.79 Å². The summed E-state index contributed by atoms with van der Waals surface area (Å²) >= 11 is 6.02. The van der Waals surface area contributed by atoms with E-state index in [9.17, 15) is 13.2 Å². The normalized spacial score (nSPS) is 20.5. The molecule has 1 heterocycles. The summed E-state index contributed by atoms with van der Waals surface area (Å²) in [6, 6.07) is 6.18. The Kier molecular flexibility index (Phi) is 5.17. The Balaban J connectivity index is 2.04. The molecule has 0 N–H and O–H groups in total. The van der Waals surface area contributed by atoms with Crippen molar-refractivity contribution in [1.82, 2.24) is 4.90 Å². The summed E-state index contributed by atoms with van der Waals surface area (Å²) in [4.78, 5) is 13.8. The maximum atomic E-state index is 12.4. The first-order chi connectivity index (χ1) is 10.7. The fraction of sp³-hybridized carbons (Fsp3) is 0.467. The molecule has 0 unspecified atom stereocenters. The molecule has 0 aromatic heterocycles. The van der Waals surface area contributed by atoms with Crippen molar-refractivity contribution in [1.29, 1.82) is 5.26 Å². The van der Waals surface area contributed by atoms with Gasteiger partial charge in [-0.1, -0.05) is 11.6 Å². The maximum absolute atomic E-state index is 12.4. The van der Waals surface area contributed by atoms with E-state index in [1.165, 1.54) is 17.0 Å². The van der Waals surface area contributed by atoms with Crippen LogP contribution in [0.1, 0.15) is 18.9 Å². The van der Waals surface area contributed by atoms with E-state index in [2.05, 4.69) is 0 Å². The van der Waals surface area contributed by atoms with E-state index in [1.807, 2.05) is 6.07 Å². The standard InChI is InChI=1S/C15H17ClN2O4S/c1-10(22-14-4-3-11(8-17)7-13(14)16)15(19)18(2)12-5-6-23(20,21)9-12/h3-4,7,10,12H,5-6,9H2,1-2H3/t10-,12+/m0/s1. The highest BCUT2D eigenvalue weighted by Crippen LogP contribution is 2.27. The number of nitriles is 1. The molecule has 6 nitrogen and oxygen atoms in total. The molecule has 1 aliphatic heterocycles. The predicted molar refractivity (Wildman–Crippen MR) is 86.1 cm³/mol. The van der Waals surface area contributed by atoms with Crippen molar-refractivity contribution in [3.05, 3.63) is 28.8 Å². The maximum Gasteiger partial charge on any atom is 0.263 e. The molecule has 0 aliphatic carbocycles. The molecule has 1 fully saturated rings. The summed E-state index contributed by atoms with van der Waals surface area (Å²) in [6.07, 6.45) is -0.372. The van der Waals surface area contributed by atoms with Crippen LogP contribution in [-0.2, 0) is 14.6 Å². The fourth-order valence-electron chi connectivity index (χ4n) is 2.45. The van der Waals surface area contributed by atoms with E-state index in [4.69, 9.17) is 21.6 Å². The highest BCUT2D eigenvalue weighted by atomic mass is 35.5. The van der Waals surface area contributed by atoms with Gasteiger partial charge in [0, 0.05) is 13.1 Å². The minimum absolute atomic E-state index is 0.0143. The fourth-order valence-corrected chi connectivity index (χ4v) is 4.45. The number of nitrogens with zero attached hydrogens (tertiary/aromatic N) is 2. The number of likely N-dealkylation sites (N-methyl/N-ethyl adjacent to an activating group) is 1. The Morgan fingerprint density at radius 3 is 2.74 bits per heavy atom. The molecule has 1 aliphatic rings. The summed E-state index contributed by atoms with van der Waals surface area (Å²) in [7, 11) is -1.48. The van der Waals surface area contributed by atoms with E-state index in [0.717, 1.165) is 0 Å². The van der Waals surface area contributed by atoms with Crippen molar-refractivity contribution in [2.24, 2.45) is 0 Å². The van der Waals surface area contributed by atoms with Crippen LogP contribution in [0, 0.1) is 11.3 Å². The smallest absolute Gasteiger partial charge is 0.263 e. The molecule has 0 saturated carbocycles. The molecule has 8 heteroatoms. The van der Waals surface area contributed by atoms with Crippen LogP contribution in [0.5, 0.6) is 5.75 Å². The average molecular weight is 357 g/mol. The number of carbonyl (C=O) groups excluding carboxylic acids is 1. The van der Waals surface area contributed by atoms with Crippen LogP contribution in [0.25, 0.3) is 0 Å². The van der Waals surface area contributed by atoms with E-state index < -0.39 is 15.9 Å². The summed E-state index contributed by atoms with van der Waals surface area (Å²) in [5, 5.41) is 9.05. The zero-order valence-corrected chi connectivity index (χ0v) is 14.4. The number of ether oxygens (including phenoxy) is 1. The van der Waals surface area contributed by atoms with Crippen molar-refractivity contribution in [3.63, 3.8) is 0 Å². The molecular formula is C15H17ClN2O4S. The number of amides is 1. The second-order valence-electron chi connectivity index (χ2n) is 5.52. The van der Waals surface area contributed by atoms with Gasteiger partial charge in [-0.15, -0.1) is 0 Å². The highest BCUT2D eigenvalue weighted by molar-refractivity contribution is 7.91. The molecule has 1 saturated heterocycles. The molecule has 0 bridgehead atoms. The summed E-state index contributed by atoms with van der Waals surface area (Å²) in [5.41, 5.74) is 0.398. The topological polar surface area (TPSA) is 87.5 Å². The molecule has 2 atom stereocenters. The predicted octanol–water partition coefficient (Wildman–Crippen LogP) is 1.62. The third-order valence-electron chi connectivity index (χ3n) is 3.82. The van der Waals surface area contributed by atoms with Crippen molar-refractivity contribution >= 4 is 27.3 Å². The lowest BCUT2D eigenvalue weighted by Crippen LogP contribution is -2.44. The number of carbonyl (C=O) groups is 1. The Bertz CT molecular complexity index is 757. The summed E-state index contributed by atoms with van der Waals surface area (Å²) in [5.74, 6) is 0.0810. The van der Waals surface area contributed by atoms with Crippen LogP contribution in [0.3, 0.4) is 0 Å². The molecule has 2 rings (SSSR count). The van der Waals surface area contributed by atoms with Gasteiger partial charge < -0.3 is 9.64 Å². The number of sulfone groups is 1. The van der Waals surface area contributed by atoms with Crippen LogP contribution in [-0.4, -0.2) is 49.9 Å². The Hall–Kier alpha value is -1.78. The number of benzene rings is 1. The van der Waals surface area contributed by atoms with Crippen LogP contribution >= 0.6 is 11.6 Å². The quantitative estimate of drug-likeness (QED) is 0.818. The van der Waals surface area contributed by atoms with Gasteiger partial charge in [0.25, 0.3) is 5.91 Å². The zero-order valence-electron chi connectivity index (χ0n) is 12.8. The highest BCUT2D eigenvalue weighted by Gasteiger charge is 2.34. The van der Waals surface area contributed by atoms with Crippen molar-refractivity contribution in [2.75, 3.05) is 18.6 Å². The van der Waals surface area contributed by atoms with Crippen molar-refractivity contribution < 1.29 is 17.9 Å². The lowest BCUT2D eigenvalue weighted by atomic mass is 10.2. The Morgan fingerprint density at radius 1 is 1.52 bits per heavy atom. The van der Waals surface area contributed by atoms with Gasteiger partial charge >= 0.3 is 0 Å². The Morgan fingerprint density at radius 2 is 2.22 bits per heavy atom. The number of hydrogen-bond donors (Lipinski definition) is 0. The first kappa shape index (κ1) is 17.6. The van der Waals surface area contributed by atoms with Crippen LogP contribution < -0.4 is 4.74 Å². The number of hydrogen-bond acceptors (Lipinski definition) is 5. The first-order valence-corrected chi connectivity index (χ1v) is 9.27. The van der Waals surface area contributed by atoms with E-state index in [-0.39, 0.29) is 28.5 Å². The van der Waals surface area contributed by atoms with Crippen molar-refractivity contribution in [3.8, 4) is 11.8 Å². The average Bonchev–Trinajstić information content (AvgIpc) is 2.87. The molecule has 1 aromatic rings. The van der Waals surface area contributed by atoms with Crippen LogP contribution in [0.4, 0.5) is 0 Å². The Labute approximate surface area is 140 Å². The van der Waals surface area contributed by atoms with Gasteiger partial charge in [-0.05, 0) is 31.5 Å². The van der Waals surface area contributed by atoms with E-state index >= 15 is 0 Å². The monoisotopic (exact) mass is 356 g/mol. The zero-order chi connectivity index (χ0) is 17.2. The van der Waals surface area contributed by atoms with Gasteiger partial charge in [0.05, 0.1) is 28.2 Å². The molecule has 1 amide bonds. The molecule has 124 valence electrons. The molecule has 0 radical (unpaired) electrons. The molecular weight excluding hydrogens is 340 g/mol. The minimum atomic E-state index is -3.06. The van der Waals surface area contributed by atoms with Gasteiger partial charge in [-0.2, -0.15) is 5.26 Å². The largest absolute Gasteiger partial charge is 0.479 e. The first-order valence-electron chi connectivity index (χ1n) is 7.07. The van der Waals surface area contributed by atoms with Crippen LogP contribution in [0.2, 0.25) is 5.02 Å². The minimum Gasteiger partial charge on any atom is -0.479 e. The lowest BCUT2D eigenvalue weighted by Gasteiger charge is -2.27. The van der Waals surface area contributed by atoms with Crippen molar-refractivity contribution in [2.45, 2.75) is 25.5 Å². The van der Waals surface area contributed by atoms with Crippen LogP contribution in [0.15, 0.2) is 18.2 Å². The van der Waals surface area contributed by atoms with E-state index in [0.29, 0.717) is 17.7 Å². The second kappa shape index (κ2) is 6.77. The van der Waals surface area contributed by atoms with Gasteiger partial charge in [0.1, 0.15) is 5.75 Å².